The van der Waals surface area contributed by atoms with Crippen molar-refractivity contribution in [3.8, 4) is 0 Å². The van der Waals surface area contributed by atoms with Gasteiger partial charge in [0, 0.05) is 39.0 Å². The van der Waals surface area contributed by atoms with E-state index in [9.17, 15) is 72.9 Å². The molecular weight excluding hydrogens is 1220 g/mol. The van der Waals surface area contributed by atoms with Crippen LogP contribution in [0.4, 0.5) is 0 Å². The average Bonchev–Trinajstić information content (AvgIpc) is 1.60. The Morgan fingerprint density at radius 3 is 1.41 bits per heavy atom. The quantitative estimate of drug-likeness (QED) is 0.0224. The van der Waals surface area contributed by atoms with E-state index in [1.807, 2.05) is 0 Å². The number of carbonyl (C=O) groups is 13. The van der Waals surface area contributed by atoms with E-state index in [0.29, 0.717) is 43.2 Å². The molecule has 3 aliphatic rings. The molecule has 0 spiro atoms. The highest BCUT2D eigenvalue weighted by Gasteiger charge is 2.45. The maximum atomic E-state index is 15.1. The minimum absolute atomic E-state index is 0.0453. The Kier molecular flexibility index (Phi) is 29.1. The van der Waals surface area contributed by atoms with Crippen molar-refractivity contribution in [2.24, 2.45) is 39.9 Å². The number of aliphatic imine (C=N–C) groups is 1. The monoisotopic (exact) mass is 1310 g/mol. The fourth-order valence-electron chi connectivity index (χ4n) is 11.8. The molecule has 2 aromatic rings. The lowest BCUT2D eigenvalue weighted by Gasteiger charge is -2.34. The highest BCUT2D eigenvalue weighted by molar-refractivity contribution is 6.00. The van der Waals surface area contributed by atoms with Gasteiger partial charge in [-0.3, -0.25) is 62.5 Å². The molecule has 0 aromatic heterocycles. The number of rotatable bonds is 35. The Bertz CT molecular complexity index is 3040. The second-order valence-electron chi connectivity index (χ2n) is 25.1. The van der Waals surface area contributed by atoms with E-state index in [1.165, 1.54) is 14.7 Å². The number of aliphatic carboxylic acids is 3. The summed E-state index contributed by atoms with van der Waals surface area (Å²) in [6, 6.07) is 3.02. The van der Waals surface area contributed by atoms with Gasteiger partial charge in [0.05, 0.1) is 18.9 Å². The van der Waals surface area contributed by atoms with Crippen LogP contribution in [0.3, 0.4) is 0 Å². The third-order valence-electron chi connectivity index (χ3n) is 17.0. The number of carbonyl (C=O) groups excluding carboxylic acids is 10. The summed E-state index contributed by atoms with van der Waals surface area (Å²) in [5.74, 6) is -13.5. The van der Waals surface area contributed by atoms with E-state index in [-0.39, 0.29) is 83.0 Å². The van der Waals surface area contributed by atoms with Crippen LogP contribution in [0.5, 0.6) is 0 Å². The van der Waals surface area contributed by atoms with Crippen LogP contribution in [0.1, 0.15) is 130 Å². The van der Waals surface area contributed by atoms with Crippen LogP contribution in [0.2, 0.25) is 0 Å². The predicted molar refractivity (Wildman–Crippen MR) is 342 cm³/mol. The van der Waals surface area contributed by atoms with E-state index in [4.69, 9.17) is 17.2 Å². The van der Waals surface area contributed by atoms with Crippen LogP contribution in [0.25, 0.3) is 0 Å². The molecule has 3 heterocycles. The van der Waals surface area contributed by atoms with E-state index >= 15 is 4.79 Å². The van der Waals surface area contributed by atoms with Crippen molar-refractivity contribution in [3.05, 3.63) is 71.8 Å². The number of carboxylic acid groups (broad SMARTS) is 3. The highest BCUT2D eigenvalue weighted by atomic mass is 16.4. The van der Waals surface area contributed by atoms with Gasteiger partial charge in [-0.1, -0.05) is 109 Å². The highest BCUT2D eigenvalue weighted by Crippen LogP contribution is 2.26. The number of carboxylic acids is 3. The van der Waals surface area contributed by atoms with Gasteiger partial charge >= 0.3 is 17.9 Å². The SMILES string of the molecule is CCC(C)C(NC(=O)C1CCCN1C(=O)C(NC(=O)C1CCCN1C(=O)C(Cc1ccccc1)NC(=O)C(Cc1ccccc1)NC(=O)C1CCCN1C(=O)C(CC(C)C)NC(=O)C(CC(=O)O)NC(=O)C(N)CCCN=C(N)N)C(C)C)C(=O)NC(CC(=O)O)C(=O)O. The molecule has 0 saturated carbocycles. The number of benzene rings is 2. The molecule has 2 aromatic carbocycles. The smallest absolute Gasteiger partial charge is 0.326 e. The number of likely N-dealkylation sites (tertiary alicyclic amines) is 3. The molecule has 0 radical (unpaired) electrons. The Morgan fingerprint density at radius 2 is 0.947 bits per heavy atom. The zero-order valence-corrected chi connectivity index (χ0v) is 54.3. The Balaban J connectivity index is 1.35. The summed E-state index contributed by atoms with van der Waals surface area (Å²) in [6.07, 6.45) is 0.476. The van der Waals surface area contributed by atoms with E-state index in [0.717, 1.165) is 0 Å². The van der Waals surface area contributed by atoms with Crippen LogP contribution in [-0.2, 0) is 75.2 Å². The van der Waals surface area contributed by atoms with Gasteiger partial charge in [0.1, 0.15) is 60.4 Å². The maximum absolute atomic E-state index is 15.1. The van der Waals surface area contributed by atoms with Crippen molar-refractivity contribution in [3.63, 3.8) is 0 Å². The lowest BCUT2D eigenvalue weighted by Crippen LogP contribution is -2.61. The van der Waals surface area contributed by atoms with Crippen LogP contribution in [-0.4, -0.2) is 206 Å². The second kappa shape index (κ2) is 36.3. The van der Waals surface area contributed by atoms with Gasteiger partial charge in [0.25, 0.3) is 0 Å². The van der Waals surface area contributed by atoms with E-state index < -0.39 is 168 Å². The van der Waals surface area contributed by atoms with Crippen molar-refractivity contribution in [2.45, 2.75) is 198 Å². The Morgan fingerprint density at radius 1 is 0.521 bits per heavy atom. The molecular formula is C64H94N14O16. The summed E-state index contributed by atoms with van der Waals surface area (Å²) in [5, 5.41) is 47.0. The molecule has 3 fully saturated rings. The van der Waals surface area contributed by atoms with Crippen molar-refractivity contribution in [1.82, 2.24) is 51.9 Å². The standard InChI is InChI=1S/C64H94N14O16/c1-7-37(6)52(59(89)73-45(63(93)94)34-50(81)82)75-58(88)48-25-17-29-78(48)62(92)51(36(4)5)74-57(87)47-24-16-28-77(47)61(91)44(32-39-20-12-9-13-21-39)72-54(84)41(31-38-18-10-8-11-19-38)70-56(86)46-23-15-27-76(46)60(90)43(30-35(2)3)71-55(85)42(33-49(79)80)69-53(83)40(65)22-14-26-68-64(66)67/h8-13,18-21,35-37,40-48,51-52H,7,14-17,22-34,65H2,1-6H3,(H,69,83)(H,70,86)(H,71,85)(H,72,84)(H,73,89)(H,74,87)(H,75,88)(H,79,80)(H,81,82)(H,93,94)(H4,66,67,68). The first-order chi connectivity index (χ1) is 44.5. The predicted octanol–water partition coefficient (Wildman–Crippen LogP) is -0.999. The van der Waals surface area contributed by atoms with Crippen molar-refractivity contribution in [1.29, 1.82) is 0 Å². The summed E-state index contributed by atoms with van der Waals surface area (Å²) in [7, 11) is 0. The molecule has 30 nitrogen and oxygen atoms in total. The molecule has 12 unspecified atom stereocenters. The van der Waals surface area contributed by atoms with E-state index in [2.05, 4.69) is 42.2 Å². The summed E-state index contributed by atoms with van der Waals surface area (Å²) >= 11 is 0. The van der Waals surface area contributed by atoms with Crippen LogP contribution in [0, 0.1) is 17.8 Å². The molecule has 0 bridgehead atoms. The molecule has 3 aliphatic heterocycles. The van der Waals surface area contributed by atoms with Crippen molar-refractivity contribution in [2.75, 3.05) is 26.2 Å². The van der Waals surface area contributed by atoms with Crippen LogP contribution in [0.15, 0.2) is 65.7 Å². The normalized spacial score (nSPS) is 19.0. The first kappa shape index (κ1) is 75.5. The average molecular weight is 1320 g/mol. The number of amides is 10. The number of hydrogen-bond acceptors (Lipinski definition) is 15. The largest absolute Gasteiger partial charge is 0.481 e. The molecule has 10 amide bonds. The summed E-state index contributed by atoms with van der Waals surface area (Å²) in [5.41, 5.74) is 18.0. The van der Waals surface area contributed by atoms with Gasteiger partial charge in [0.15, 0.2) is 5.96 Å². The minimum Gasteiger partial charge on any atom is -0.481 e. The lowest BCUT2D eigenvalue weighted by molar-refractivity contribution is -0.148. The van der Waals surface area contributed by atoms with Gasteiger partial charge in [-0.15, -0.1) is 0 Å². The zero-order valence-electron chi connectivity index (χ0n) is 54.3. The molecule has 5 rings (SSSR count). The Labute approximate surface area is 546 Å². The topological polar surface area (TPSA) is 467 Å². The molecule has 30 heteroatoms. The van der Waals surface area contributed by atoms with Crippen molar-refractivity contribution >= 4 is 82.9 Å². The third kappa shape index (κ3) is 22.2. The Hall–Kier alpha value is -9.22. The lowest BCUT2D eigenvalue weighted by atomic mass is 9.97. The van der Waals surface area contributed by atoms with E-state index in [1.54, 1.807) is 102 Å². The number of hydrogen-bond donors (Lipinski definition) is 13. The fourth-order valence-corrected chi connectivity index (χ4v) is 11.8. The molecule has 0 aliphatic carbocycles. The zero-order chi connectivity index (χ0) is 69.5. The molecule has 94 heavy (non-hydrogen) atoms. The molecule has 16 N–H and O–H groups in total. The summed E-state index contributed by atoms with van der Waals surface area (Å²) in [4.78, 5) is 186. The minimum atomic E-state index is -1.78. The summed E-state index contributed by atoms with van der Waals surface area (Å²) in [6.45, 7) is 10.8. The second-order valence-corrected chi connectivity index (χ2v) is 25.1. The number of nitrogens with one attached hydrogen (secondary N) is 7. The number of nitrogens with two attached hydrogens (primary N) is 3. The maximum Gasteiger partial charge on any atom is 0.326 e. The van der Waals surface area contributed by atoms with Gasteiger partial charge in [0.2, 0.25) is 59.1 Å². The van der Waals surface area contributed by atoms with Gasteiger partial charge < -0.3 is 84.4 Å². The first-order valence-corrected chi connectivity index (χ1v) is 32.1. The molecule has 516 valence electrons. The molecule has 3 saturated heterocycles. The van der Waals surface area contributed by atoms with Gasteiger partial charge in [-0.25, -0.2) is 4.79 Å². The van der Waals surface area contributed by atoms with Crippen molar-refractivity contribution < 1.29 is 77.6 Å². The van der Waals surface area contributed by atoms with Crippen LogP contribution < -0.4 is 54.4 Å². The molecule has 12 atom stereocenters. The fraction of sp³-hybridized carbons (Fsp3) is 0.594. The number of nitrogens with zero attached hydrogens (tertiary/aromatic N) is 4. The summed E-state index contributed by atoms with van der Waals surface area (Å²) < 4.78 is 0. The van der Waals surface area contributed by atoms with Gasteiger partial charge in [-0.2, -0.15) is 0 Å². The third-order valence-corrected chi connectivity index (χ3v) is 17.0. The van der Waals surface area contributed by atoms with Crippen LogP contribution >= 0.6 is 0 Å². The van der Waals surface area contributed by atoms with Gasteiger partial charge in [-0.05, 0) is 86.7 Å². The number of guanidine groups is 1. The first-order valence-electron chi connectivity index (χ1n) is 32.1.